The molecule has 2 aromatic heterocycles. The van der Waals surface area contributed by atoms with Gasteiger partial charge in [-0.1, -0.05) is 6.07 Å². The van der Waals surface area contributed by atoms with E-state index in [1.54, 1.807) is 17.9 Å². The summed E-state index contributed by atoms with van der Waals surface area (Å²) in [5, 5.41) is 7.93. The van der Waals surface area contributed by atoms with Gasteiger partial charge >= 0.3 is 5.97 Å². The Balaban J connectivity index is 1.33. The first kappa shape index (κ1) is 20.6. The van der Waals surface area contributed by atoms with Gasteiger partial charge in [0.25, 0.3) is 0 Å². The van der Waals surface area contributed by atoms with Crippen molar-refractivity contribution in [3.63, 3.8) is 0 Å². The molecule has 0 aliphatic carbocycles. The van der Waals surface area contributed by atoms with Crippen LogP contribution < -0.4 is 15.8 Å². The fourth-order valence-corrected chi connectivity index (χ4v) is 4.43. The number of nitrogens with one attached hydrogen (secondary N) is 1. The summed E-state index contributed by atoms with van der Waals surface area (Å²) >= 11 is 0. The van der Waals surface area contributed by atoms with Crippen LogP contribution in [0.15, 0.2) is 36.9 Å². The molecule has 0 bridgehead atoms. The Hall–Kier alpha value is -3.34. The zero-order valence-electron chi connectivity index (χ0n) is 18.0. The van der Waals surface area contributed by atoms with Crippen LogP contribution in [0.3, 0.4) is 0 Å². The summed E-state index contributed by atoms with van der Waals surface area (Å²) in [5.74, 6) is 0.881. The summed E-state index contributed by atoms with van der Waals surface area (Å²) in [4.78, 5) is 22.5. The molecule has 0 unspecified atom stereocenters. The van der Waals surface area contributed by atoms with Crippen LogP contribution in [0.4, 0.5) is 0 Å². The molecule has 0 amide bonds. The van der Waals surface area contributed by atoms with Gasteiger partial charge in [-0.2, -0.15) is 5.10 Å². The van der Waals surface area contributed by atoms with Gasteiger partial charge in [0, 0.05) is 49.1 Å². The van der Waals surface area contributed by atoms with Crippen LogP contribution in [-0.4, -0.2) is 57.0 Å². The highest BCUT2D eigenvalue weighted by Gasteiger charge is 2.30. The van der Waals surface area contributed by atoms with Gasteiger partial charge in [-0.25, -0.2) is 19.4 Å². The normalized spacial score (nSPS) is 20.8. The van der Waals surface area contributed by atoms with Gasteiger partial charge in [-0.05, 0) is 24.1 Å². The predicted octanol–water partition coefficient (Wildman–Crippen LogP) is 1.08. The molecule has 3 N–H and O–H groups in total. The topological polar surface area (TPSA) is 120 Å². The van der Waals surface area contributed by atoms with Gasteiger partial charge in [-0.15, -0.1) is 0 Å². The molecule has 1 aromatic carbocycles. The number of nitrogens with two attached hydrogens (primary N) is 1. The second-order valence-electron chi connectivity index (χ2n) is 8.11. The first-order chi connectivity index (χ1) is 15.5. The third-order valence-electron chi connectivity index (χ3n) is 6.01. The van der Waals surface area contributed by atoms with E-state index in [-0.39, 0.29) is 18.2 Å². The number of nitrogens with zero attached hydrogens (tertiary/aromatic N) is 5. The highest BCUT2D eigenvalue weighted by Crippen LogP contribution is 2.30. The monoisotopic (exact) mass is 435 g/mol. The van der Waals surface area contributed by atoms with Crippen LogP contribution in [0.25, 0.3) is 5.82 Å². The Morgan fingerprint density at radius 2 is 2.19 bits per heavy atom. The van der Waals surface area contributed by atoms with Crippen molar-refractivity contribution in [1.29, 1.82) is 0 Å². The lowest BCUT2D eigenvalue weighted by Gasteiger charge is -2.38. The number of hydrogen-bond donors (Lipinski definition) is 2. The maximum atomic E-state index is 11.9. The molecule has 3 aromatic rings. The Labute approximate surface area is 185 Å². The second kappa shape index (κ2) is 8.30. The number of cyclic esters (lactones) is 1. The van der Waals surface area contributed by atoms with Crippen LogP contribution in [0.5, 0.6) is 5.88 Å². The molecule has 0 saturated carbocycles. The summed E-state index contributed by atoms with van der Waals surface area (Å²) in [5.41, 5.74) is 11.3. The van der Waals surface area contributed by atoms with E-state index in [2.05, 4.69) is 25.3 Å². The van der Waals surface area contributed by atoms with Gasteiger partial charge in [0.2, 0.25) is 5.88 Å². The molecule has 1 fully saturated rings. The molecular weight excluding hydrogens is 410 g/mol. The maximum absolute atomic E-state index is 11.9. The molecule has 10 nitrogen and oxygen atoms in total. The van der Waals surface area contributed by atoms with Gasteiger partial charge in [-0.3, -0.25) is 10.2 Å². The van der Waals surface area contributed by atoms with Crippen molar-refractivity contribution in [3.05, 3.63) is 64.7 Å². The quantitative estimate of drug-likeness (QED) is 0.567. The number of aromatic nitrogens is 4. The molecule has 2 atom stereocenters. The summed E-state index contributed by atoms with van der Waals surface area (Å²) < 4.78 is 12.1. The molecule has 2 aliphatic heterocycles. The Bertz CT molecular complexity index is 1160. The minimum Gasteiger partial charge on any atom is -0.481 e. The van der Waals surface area contributed by atoms with Crippen LogP contribution in [0.2, 0.25) is 0 Å². The molecule has 1 saturated heterocycles. The number of methoxy groups -OCH3 is 1. The number of benzene rings is 1. The standard InChI is InChI=1S/C22H25N7O3/c1-13-15(3-4-16-17(13)11-32-22(16)30)18-9-28(10-19(23)27-18)7-14-6-26-29(8-14)20-5-21(31-2)25-12-24-20/h3-6,8,12,18-19,27H,7,9-11,23H2,1-2H3/t18-,19+/m0/s1. The Kier molecular flexibility index (Phi) is 5.33. The summed E-state index contributed by atoms with van der Waals surface area (Å²) in [7, 11) is 1.57. The first-order valence-corrected chi connectivity index (χ1v) is 10.4. The van der Waals surface area contributed by atoms with Crippen molar-refractivity contribution < 1.29 is 14.3 Å². The van der Waals surface area contributed by atoms with E-state index >= 15 is 0 Å². The van der Waals surface area contributed by atoms with Crippen molar-refractivity contribution in [1.82, 2.24) is 30.0 Å². The van der Waals surface area contributed by atoms with Crippen molar-refractivity contribution in [2.75, 3.05) is 20.2 Å². The van der Waals surface area contributed by atoms with Gasteiger partial charge in [0.05, 0.1) is 25.0 Å². The number of carbonyl (C=O) groups is 1. The van der Waals surface area contributed by atoms with E-state index in [1.807, 2.05) is 31.5 Å². The third kappa shape index (κ3) is 3.83. The van der Waals surface area contributed by atoms with E-state index in [4.69, 9.17) is 15.2 Å². The second-order valence-corrected chi connectivity index (χ2v) is 8.11. The van der Waals surface area contributed by atoms with E-state index in [9.17, 15) is 4.79 Å². The molecule has 4 heterocycles. The highest BCUT2D eigenvalue weighted by atomic mass is 16.5. The first-order valence-electron chi connectivity index (χ1n) is 10.4. The lowest BCUT2D eigenvalue weighted by Crippen LogP contribution is -2.56. The maximum Gasteiger partial charge on any atom is 0.338 e. The Morgan fingerprint density at radius 1 is 1.31 bits per heavy atom. The minimum absolute atomic E-state index is 0.0564. The van der Waals surface area contributed by atoms with Crippen LogP contribution >= 0.6 is 0 Å². The van der Waals surface area contributed by atoms with Gasteiger partial charge in [0.15, 0.2) is 5.82 Å². The fourth-order valence-electron chi connectivity index (χ4n) is 4.43. The third-order valence-corrected chi connectivity index (χ3v) is 6.01. The molecular formula is C22H25N7O3. The van der Waals surface area contributed by atoms with Gasteiger partial charge in [0.1, 0.15) is 12.9 Å². The van der Waals surface area contributed by atoms with Crippen molar-refractivity contribution in [2.24, 2.45) is 5.73 Å². The van der Waals surface area contributed by atoms with E-state index in [0.717, 1.165) is 28.8 Å². The SMILES string of the molecule is COc1cc(-n2cc(CN3C[C@@H](c4ccc5c(c4C)COC5=O)N[C@@H](N)C3)cn2)ncn1. The van der Waals surface area contributed by atoms with Crippen molar-refractivity contribution in [2.45, 2.75) is 32.3 Å². The minimum atomic E-state index is -0.247. The van der Waals surface area contributed by atoms with Crippen LogP contribution in [0, 0.1) is 6.92 Å². The number of piperazine rings is 1. The molecule has 0 radical (unpaired) electrons. The summed E-state index contributed by atoms with van der Waals surface area (Å²) in [6, 6.07) is 5.66. The van der Waals surface area contributed by atoms with Crippen LogP contribution in [-0.2, 0) is 17.9 Å². The summed E-state index contributed by atoms with van der Waals surface area (Å²) in [6.45, 7) is 4.59. The number of fused-ring (bicyclic) bond motifs is 1. The van der Waals surface area contributed by atoms with Gasteiger partial charge < -0.3 is 15.2 Å². The molecule has 5 rings (SSSR count). The lowest BCUT2D eigenvalue weighted by atomic mass is 9.93. The number of hydrogen-bond acceptors (Lipinski definition) is 9. The van der Waals surface area contributed by atoms with E-state index in [1.165, 1.54) is 6.33 Å². The van der Waals surface area contributed by atoms with Crippen molar-refractivity contribution in [3.8, 4) is 11.7 Å². The fraction of sp³-hybridized carbons (Fsp3) is 0.364. The molecule has 2 aliphatic rings. The smallest absolute Gasteiger partial charge is 0.338 e. The molecule has 10 heteroatoms. The molecule has 32 heavy (non-hydrogen) atoms. The zero-order valence-corrected chi connectivity index (χ0v) is 18.0. The number of esters is 1. The average molecular weight is 435 g/mol. The highest BCUT2D eigenvalue weighted by molar-refractivity contribution is 5.94. The Morgan fingerprint density at radius 3 is 3.03 bits per heavy atom. The predicted molar refractivity (Wildman–Crippen MR) is 115 cm³/mol. The van der Waals surface area contributed by atoms with Crippen LogP contribution in [0.1, 0.15) is 38.7 Å². The largest absolute Gasteiger partial charge is 0.481 e. The van der Waals surface area contributed by atoms with Crippen molar-refractivity contribution >= 4 is 5.97 Å². The molecule has 0 spiro atoms. The number of ether oxygens (including phenoxy) is 2. The average Bonchev–Trinajstić information content (AvgIpc) is 3.41. The number of rotatable bonds is 5. The summed E-state index contributed by atoms with van der Waals surface area (Å²) in [6.07, 6.45) is 5.07. The number of carbonyl (C=O) groups excluding carboxylic acids is 1. The van der Waals surface area contributed by atoms with E-state index in [0.29, 0.717) is 37.0 Å². The lowest BCUT2D eigenvalue weighted by molar-refractivity contribution is 0.0535. The molecule has 166 valence electrons. The zero-order chi connectivity index (χ0) is 22.2. The van der Waals surface area contributed by atoms with E-state index < -0.39 is 0 Å².